The number of nitrogens with one attached hydrogen (secondary N) is 1. The number of rotatable bonds is 2. The second-order valence-electron chi connectivity index (χ2n) is 3.16. The molecule has 3 heteroatoms. The Hall–Kier alpha value is -0.540. The predicted octanol–water partition coefficient (Wildman–Crippen LogP) is 2.49. The summed E-state index contributed by atoms with van der Waals surface area (Å²) in [6.07, 6.45) is 0. The van der Waals surface area contributed by atoms with Crippen LogP contribution in [0.4, 0.5) is 0 Å². The largest absolute Gasteiger partial charge is 0.508 e. The molecule has 0 aliphatic rings. The lowest BCUT2D eigenvalue weighted by Gasteiger charge is -2.11. The zero-order chi connectivity index (χ0) is 10.0. The van der Waals surface area contributed by atoms with E-state index in [0.717, 1.165) is 21.2 Å². The summed E-state index contributed by atoms with van der Waals surface area (Å²) < 4.78 is 1.08. The van der Waals surface area contributed by atoms with Gasteiger partial charge in [0, 0.05) is 16.6 Å². The SMILES string of the molecule is CNCc1c(O)cc(C)c(Br)c1C. The van der Waals surface area contributed by atoms with Crippen molar-refractivity contribution in [3.05, 3.63) is 27.2 Å². The first kappa shape index (κ1) is 10.5. The average molecular weight is 244 g/mol. The Balaban J connectivity index is 3.26. The molecule has 13 heavy (non-hydrogen) atoms. The fraction of sp³-hybridized carbons (Fsp3) is 0.400. The molecule has 0 saturated carbocycles. The molecule has 0 saturated heterocycles. The number of aryl methyl sites for hydroxylation is 1. The molecule has 0 heterocycles. The molecule has 72 valence electrons. The van der Waals surface area contributed by atoms with Gasteiger partial charge < -0.3 is 10.4 Å². The molecule has 0 aliphatic heterocycles. The Morgan fingerprint density at radius 3 is 2.62 bits per heavy atom. The molecule has 0 aromatic heterocycles. The number of hydrogen-bond donors (Lipinski definition) is 2. The standard InChI is InChI=1S/C10H14BrNO/c1-6-4-9(13)8(5-12-3)7(2)10(6)11/h4,12-13H,5H2,1-3H3. The van der Waals surface area contributed by atoms with Crippen molar-refractivity contribution in [2.45, 2.75) is 20.4 Å². The molecule has 0 atom stereocenters. The molecule has 0 bridgehead atoms. The molecule has 2 N–H and O–H groups in total. The van der Waals surface area contributed by atoms with Crippen LogP contribution >= 0.6 is 15.9 Å². The van der Waals surface area contributed by atoms with E-state index < -0.39 is 0 Å². The van der Waals surface area contributed by atoms with E-state index in [1.807, 2.05) is 20.9 Å². The Bertz CT molecular complexity index is 323. The molecular weight excluding hydrogens is 230 g/mol. The predicted molar refractivity (Wildman–Crippen MR) is 58.0 cm³/mol. The van der Waals surface area contributed by atoms with Crippen LogP contribution < -0.4 is 5.32 Å². The summed E-state index contributed by atoms with van der Waals surface area (Å²) in [6.45, 7) is 4.67. The number of phenolic OH excluding ortho intramolecular Hbond substituents is 1. The van der Waals surface area contributed by atoms with Crippen LogP contribution in [0.5, 0.6) is 5.75 Å². The van der Waals surface area contributed by atoms with Crippen LogP contribution in [-0.2, 0) is 6.54 Å². The van der Waals surface area contributed by atoms with E-state index in [1.54, 1.807) is 6.07 Å². The fourth-order valence-electron chi connectivity index (χ4n) is 1.38. The van der Waals surface area contributed by atoms with Crippen LogP contribution in [0.25, 0.3) is 0 Å². The van der Waals surface area contributed by atoms with Crippen LogP contribution in [-0.4, -0.2) is 12.2 Å². The summed E-state index contributed by atoms with van der Waals surface area (Å²) in [6, 6.07) is 1.78. The van der Waals surface area contributed by atoms with Crippen molar-refractivity contribution < 1.29 is 5.11 Å². The van der Waals surface area contributed by atoms with Gasteiger partial charge in [0.1, 0.15) is 5.75 Å². The van der Waals surface area contributed by atoms with Crippen LogP contribution in [0.2, 0.25) is 0 Å². The van der Waals surface area contributed by atoms with Crippen molar-refractivity contribution in [1.29, 1.82) is 0 Å². The maximum atomic E-state index is 9.67. The third-order valence-electron chi connectivity index (χ3n) is 2.14. The minimum absolute atomic E-state index is 0.368. The van der Waals surface area contributed by atoms with Crippen molar-refractivity contribution in [2.24, 2.45) is 0 Å². The molecule has 0 fully saturated rings. The Labute approximate surface area is 87.1 Å². The maximum Gasteiger partial charge on any atom is 0.120 e. The fourth-order valence-corrected chi connectivity index (χ4v) is 1.73. The first-order chi connectivity index (χ1) is 6.07. The highest BCUT2D eigenvalue weighted by atomic mass is 79.9. The summed E-state index contributed by atoms with van der Waals surface area (Å²) >= 11 is 3.50. The lowest BCUT2D eigenvalue weighted by molar-refractivity contribution is 0.464. The number of halogens is 1. The van der Waals surface area contributed by atoms with E-state index in [1.165, 1.54) is 0 Å². The first-order valence-electron chi connectivity index (χ1n) is 4.20. The summed E-state index contributed by atoms with van der Waals surface area (Å²) in [5, 5.41) is 12.7. The van der Waals surface area contributed by atoms with Gasteiger partial charge in [-0.1, -0.05) is 15.9 Å². The number of hydrogen-bond acceptors (Lipinski definition) is 2. The van der Waals surface area contributed by atoms with Gasteiger partial charge >= 0.3 is 0 Å². The van der Waals surface area contributed by atoms with Crippen LogP contribution in [0.15, 0.2) is 10.5 Å². The first-order valence-corrected chi connectivity index (χ1v) is 4.99. The lowest BCUT2D eigenvalue weighted by Crippen LogP contribution is -2.07. The highest BCUT2D eigenvalue weighted by Crippen LogP contribution is 2.30. The molecular formula is C10H14BrNO. The zero-order valence-electron chi connectivity index (χ0n) is 8.11. The summed E-state index contributed by atoms with van der Waals surface area (Å²) in [4.78, 5) is 0. The topological polar surface area (TPSA) is 32.3 Å². The highest BCUT2D eigenvalue weighted by molar-refractivity contribution is 9.10. The third kappa shape index (κ3) is 2.03. The minimum atomic E-state index is 0.368. The smallest absolute Gasteiger partial charge is 0.120 e. The van der Waals surface area contributed by atoms with E-state index in [2.05, 4.69) is 21.2 Å². The molecule has 0 aliphatic carbocycles. The van der Waals surface area contributed by atoms with E-state index in [9.17, 15) is 5.11 Å². The molecule has 1 aromatic carbocycles. The van der Waals surface area contributed by atoms with Gasteiger partial charge in [0.25, 0.3) is 0 Å². The van der Waals surface area contributed by atoms with Gasteiger partial charge in [-0.2, -0.15) is 0 Å². The van der Waals surface area contributed by atoms with Crippen LogP contribution in [0.3, 0.4) is 0 Å². The molecule has 2 nitrogen and oxygen atoms in total. The maximum absolute atomic E-state index is 9.67. The van der Waals surface area contributed by atoms with Gasteiger partial charge in [0.05, 0.1) is 0 Å². The van der Waals surface area contributed by atoms with Gasteiger partial charge in [-0.25, -0.2) is 0 Å². The van der Waals surface area contributed by atoms with Crippen molar-refractivity contribution in [2.75, 3.05) is 7.05 Å². The van der Waals surface area contributed by atoms with E-state index in [0.29, 0.717) is 12.3 Å². The van der Waals surface area contributed by atoms with Gasteiger partial charge in [0.2, 0.25) is 0 Å². The Morgan fingerprint density at radius 2 is 2.08 bits per heavy atom. The van der Waals surface area contributed by atoms with E-state index >= 15 is 0 Å². The monoisotopic (exact) mass is 243 g/mol. The van der Waals surface area contributed by atoms with E-state index in [4.69, 9.17) is 0 Å². The summed E-state index contributed by atoms with van der Waals surface area (Å²) in [7, 11) is 1.87. The molecule has 0 unspecified atom stereocenters. The van der Waals surface area contributed by atoms with Gasteiger partial charge in [-0.05, 0) is 38.1 Å². The third-order valence-corrected chi connectivity index (χ3v) is 3.36. The Kier molecular flexibility index (Phi) is 3.33. The molecule has 0 spiro atoms. The van der Waals surface area contributed by atoms with E-state index in [-0.39, 0.29) is 0 Å². The van der Waals surface area contributed by atoms with Crippen molar-refractivity contribution in [3.63, 3.8) is 0 Å². The Morgan fingerprint density at radius 1 is 1.46 bits per heavy atom. The zero-order valence-corrected chi connectivity index (χ0v) is 9.70. The lowest BCUT2D eigenvalue weighted by atomic mass is 10.0. The number of aromatic hydroxyl groups is 1. The summed E-state index contributed by atoms with van der Waals surface area (Å²) in [5.74, 6) is 0.368. The average Bonchev–Trinajstić information content (AvgIpc) is 2.09. The minimum Gasteiger partial charge on any atom is -0.508 e. The second kappa shape index (κ2) is 4.11. The summed E-state index contributed by atoms with van der Waals surface area (Å²) in [5.41, 5.74) is 3.13. The normalized spacial score (nSPS) is 10.5. The quantitative estimate of drug-likeness (QED) is 0.837. The molecule has 0 amide bonds. The van der Waals surface area contributed by atoms with Gasteiger partial charge in [-0.15, -0.1) is 0 Å². The second-order valence-corrected chi connectivity index (χ2v) is 3.95. The van der Waals surface area contributed by atoms with Crippen molar-refractivity contribution in [3.8, 4) is 5.75 Å². The highest BCUT2D eigenvalue weighted by Gasteiger charge is 2.09. The molecule has 1 rings (SSSR count). The molecule has 1 aromatic rings. The number of phenols is 1. The van der Waals surface area contributed by atoms with Gasteiger partial charge in [0.15, 0.2) is 0 Å². The van der Waals surface area contributed by atoms with Gasteiger partial charge in [-0.3, -0.25) is 0 Å². The number of benzene rings is 1. The van der Waals surface area contributed by atoms with Crippen molar-refractivity contribution in [1.82, 2.24) is 5.32 Å². The van der Waals surface area contributed by atoms with Crippen LogP contribution in [0, 0.1) is 13.8 Å². The van der Waals surface area contributed by atoms with Crippen LogP contribution in [0.1, 0.15) is 16.7 Å². The van der Waals surface area contributed by atoms with Crippen molar-refractivity contribution >= 4 is 15.9 Å². The molecule has 0 radical (unpaired) electrons.